The van der Waals surface area contributed by atoms with E-state index in [0.717, 1.165) is 30.0 Å². The summed E-state index contributed by atoms with van der Waals surface area (Å²) in [7, 11) is 3.24. The Labute approximate surface area is 164 Å². The summed E-state index contributed by atoms with van der Waals surface area (Å²) < 4.78 is 10.6. The number of nitrogens with one attached hydrogen (secondary N) is 2. The van der Waals surface area contributed by atoms with Gasteiger partial charge in [-0.05, 0) is 42.3 Å². The number of rotatable bonds is 8. The Morgan fingerprint density at radius 2 is 1.64 bits per heavy atom. The van der Waals surface area contributed by atoms with Gasteiger partial charge >= 0.3 is 0 Å². The van der Waals surface area contributed by atoms with Crippen LogP contribution in [0, 0.1) is 0 Å². The highest BCUT2D eigenvalue weighted by molar-refractivity contribution is 6.03. The third-order valence-corrected chi connectivity index (χ3v) is 4.27. The van der Waals surface area contributed by atoms with Crippen molar-refractivity contribution in [3.63, 3.8) is 0 Å². The van der Waals surface area contributed by atoms with E-state index < -0.39 is 0 Å². The summed E-state index contributed by atoms with van der Waals surface area (Å²) in [6, 6.07) is 18.7. The molecule has 2 N–H and O–H groups in total. The van der Waals surface area contributed by atoms with Crippen molar-refractivity contribution >= 4 is 17.3 Å². The zero-order chi connectivity index (χ0) is 19.8. The maximum absolute atomic E-state index is 12.4. The van der Waals surface area contributed by atoms with E-state index in [9.17, 15) is 4.79 Å². The number of ether oxygens (including phenoxy) is 2. The van der Waals surface area contributed by atoms with Crippen molar-refractivity contribution in [1.82, 2.24) is 4.98 Å². The summed E-state index contributed by atoms with van der Waals surface area (Å²) in [5, 5.41) is 6.12. The summed E-state index contributed by atoms with van der Waals surface area (Å²) in [4.78, 5) is 16.6. The molecule has 0 spiro atoms. The van der Waals surface area contributed by atoms with E-state index in [1.165, 1.54) is 0 Å². The minimum absolute atomic E-state index is 0.287. The van der Waals surface area contributed by atoms with Gasteiger partial charge in [-0.2, -0.15) is 0 Å². The van der Waals surface area contributed by atoms with Crippen molar-refractivity contribution in [3.05, 3.63) is 78.1 Å². The van der Waals surface area contributed by atoms with Gasteiger partial charge in [0.05, 0.1) is 31.8 Å². The van der Waals surface area contributed by atoms with E-state index in [2.05, 4.69) is 15.6 Å². The Morgan fingerprint density at radius 3 is 2.36 bits per heavy atom. The first-order valence-corrected chi connectivity index (χ1v) is 8.97. The lowest BCUT2D eigenvalue weighted by Crippen LogP contribution is -2.14. The molecule has 6 nitrogen and oxygen atoms in total. The predicted octanol–water partition coefficient (Wildman–Crippen LogP) is 4.01. The van der Waals surface area contributed by atoms with Gasteiger partial charge < -0.3 is 20.1 Å². The van der Waals surface area contributed by atoms with Crippen molar-refractivity contribution in [2.45, 2.75) is 6.42 Å². The molecule has 0 aliphatic carbocycles. The van der Waals surface area contributed by atoms with E-state index in [1.807, 2.05) is 42.5 Å². The number of methoxy groups -OCH3 is 2. The first kappa shape index (κ1) is 19.2. The molecular formula is C22H23N3O3. The molecule has 3 rings (SSSR count). The summed E-state index contributed by atoms with van der Waals surface area (Å²) in [6.45, 7) is 0.731. The number of hydrogen-bond acceptors (Lipinski definition) is 5. The summed E-state index contributed by atoms with van der Waals surface area (Å²) >= 11 is 0. The van der Waals surface area contributed by atoms with Crippen LogP contribution < -0.4 is 20.1 Å². The van der Waals surface area contributed by atoms with Gasteiger partial charge in [-0.1, -0.05) is 30.3 Å². The number of benzene rings is 2. The van der Waals surface area contributed by atoms with Crippen molar-refractivity contribution in [3.8, 4) is 11.5 Å². The number of amides is 1. The molecule has 6 heteroatoms. The third kappa shape index (κ3) is 4.79. The number of aromatic nitrogens is 1. The lowest BCUT2D eigenvalue weighted by atomic mass is 10.1. The second kappa shape index (κ2) is 9.41. The quantitative estimate of drug-likeness (QED) is 0.621. The number of hydrogen-bond donors (Lipinski definition) is 2. The largest absolute Gasteiger partial charge is 0.496 e. The molecule has 0 aliphatic rings. The lowest BCUT2D eigenvalue weighted by molar-refractivity contribution is 0.102. The molecule has 0 saturated carbocycles. The summed E-state index contributed by atoms with van der Waals surface area (Å²) in [6.07, 6.45) is 2.47. The van der Waals surface area contributed by atoms with Crippen LogP contribution in [0.2, 0.25) is 0 Å². The van der Waals surface area contributed by atoms with Crippen molar-refractivity contribution in [1.29, 1.82) is 0 Å². The molecule has 28 heavy (non-hydrogen) atoms. The van der Waals surface area contributed by atoms with Crippen LogP contribution in [-0.2, 0) is 6.42 Å². The molecule has 144 valence electrons. The maximum atomic E-state index is 12.4. The SMILES string of the molecule is COc1ccccc1CCNc1ccc(C(=O)Nc2ccccc2OC)nc1. The average molecular weight is 377 g/mol. The highest BCUT2D eigenvalue weighted by atomic mass is 16.5. The van der Waals surface area contributed by atoms with Gasteiger partial charge in [-0.25, -0.2) is 4.98 Å². The molecule has 0 saturated heterocycles. The average Bonchev–Trinajstić information content (AvgIpc) is 2.75. The predicted molar refractivity (Wildman–Crippen MR) is 110 cm³/mol. The Balaban J connectivity index is 1.56. The number of carbonyl (C=O) groups excluding carboxylic acids is 1. The molecule has 0 fully saturated rings. The van der Waals surface area contributed by atoms with Crippen molar-refractivity contribution < 1.29 is 14.3 Å². The summed E-state index contributed by atoms with van der Waals surface area (Å²) in [5.74, 6) is 1.20. The van der Waals surface area contributed by atoms with Gasteiger partial charge in [-0.3, -0.25) is 4.79 Å². The normalized spacial score (nSPS) is 10.2. The van der Waals surface area contributed by atoms with Gasteiger partial charge in [-0.15, -0.1) is 0 Å². The third-order valence-electron chi connectivity index (χ3n) is 4.27. The highest BCUT2D eigenvalue weighted by Crippen LogP contribution is 2.23. The van der Waals surface area contributed by atoms with E-state index in [4.69, 9.17) is 9.47 Å². The van der Waals surface area contributed by atoms with E-state index in [1.54, 1.807) is 38.6 Å². The fourth-order valence-electron chi connectivity index (χ4n) is 2.82. The lowest BCUT2D eigenvalue weighted by Gasteiger charge is -2.11. The molecule has 0 atom stereocenters. The zero-order valence-corrected chi connectivity index (χ0v) is 15.9. The van der Waals surface area contributed by atoms with Crippen LogP contribution in [0.5, 0.6) is 11.5 Å². The van der Waals surface area contributed by atoms with Gasteiger partial charge in [0.25, 0.3) is 5.91 Å². The second-order valence-corrected chi connectivity index (χ2v) is 6.08. The monoisotopic (exact) mass is 377 g/mol. The maximum Gasteiger partial charge on any atom is 0.274 e. The van der Waals surface area contributed by atoms with E-state index in [-0.39, 0.29) is 5.91 Å². The number of anilines is 2. The number of para-hydroxylation sites is 3. The molecule has 0 radical (unpaired) electrons. The molecular weight excluding hydrogens is 354 g/mol. The van der Waals surface area contributed by atoms with Gasteiger partial charge in [0.2, 0.25) is 0 Å². The molecule has 1 aromatic heterocycles. The number of nitrogens with zero attached hydrogens (tertiary/aromatic N) is 1. The van der Waals surface area contributed by atoms with E-state index in [0.29, 0.717) is 17.1 Å². The van der Waals surface area contributed by atoms with Crippen molar-refractivity contribution in [2.24, 2.45) is 0 Å². The number of carbonyl (C=O) groups is 1. The van der Waals surface area contributed by atoms with Crippen LogP contribution in [0.25, 0.3) is 0 Å². The highest BCUT2D eigenvalue weighted by Gasteiger charge is 2.10. The van der Waals surface area contributed by atoms with Crippen LogP contribution in [0.4, 0.5) is 11.4 Å². The van der Waals surface area contributed by atoms with Gasteiger partial charge in [0, 0.05) is 6.54 Å². The molecule has 0 aliphatic heterocycles. The second-order valence-electron chi connectivity index (χ2n) is 6.08. The van der Waals surface area contributed by atoms with Crippen LogP contribution in [0.1, 0.15) is 16.1 Å². The fraction of sp³-hybridized carbons (Fsp3) is 0.182. The minimum Gasteiger partial charge on any atom is -0.496 e. The van der Waals surface area contributed by atoms with E-state index >= 15 is 0 Å². The molecule has 0 bridgehead atoms. The minimum atomic E-state index is -0.287. The topological polar surface area (TPSA) is 72.5 Å². The molecule has 3 aromatic rings. The van der Waals surface area contributed by atoms with Crippen LogP contribution >= 0.6 is 0 Å². The molecule has 0 unspecified atom stereocenters. The fourth-order valence-corrected chi connectivity index (χ4v) is 2.82. The molecule has 1 heterocycles. The first-order valence-electron chi connectivity index (χ1n) is 8.97. The Hall–Kier alpha value is -3.54. The standard InChI is InChI=1S/C22H23N3O3/c1-27-20-9-5-3-7-16(20)13-14-23-17-11-12-19(24-15-17)22(26)25-18-8-4-6-10-21(18)28-2/h3-12,15,23H,13-14H2,1-2H3,(H,25,26). The Bertz CT molecular complexity index is 926. The zero-order valence-electron chi connectivity index (χ0n) is 15.9. The number of pyridine rings is 1. The van der Waals surface area contributed by atoms with Crippen LogP contribution in [0.3, 0.4) is 0 Å². The van der Waals surface area contributed by atoms with Crippen LogP contribution in [-0.4, -0.2) is 31.7 Å². The first-order chi connectivity index (χ1) is 13.7. The summed E-state index contributed by atoms with van der Waals surface area (Å²) in [5.41, 5.74) is 2.93. The smallest absolute Gasteiger partial charge is 0.274 e. The van der Waals surface area contributed by atoms with Gasteiger partial charge in [0.1, 0.15) is 17.2 Å². The molecule has 2 aromatic carbocycles. The van der Waals surface area contributed by atoms with Crippen molar-refractivity contribution in [2.75, 3.05) is 31.4 Å². The van der Waals surface area contributed by atoms with Crippen LogP contribution in [0.15, 0.2) is 66.9 Å². The molecule has 1 amide bonds. The Kier molecular flexibility index (Phi) is 6.46. The Morgan fingerprint density at radius 1 is 0.929 bits per heavy atom. The van der Waals surface area contributed by atoms with Gasteiger partial charge in [0.15, 0.2) is 0 Å².